The predicted molar refractivity (Wildman–Crippen MR) is 70.9 cm³/mol. The van der Waals surface area contributed by atoms with Crippen LogP contribution in [0.5, 0.6) is 5.75 Å². The predicted octanol–water partition coefficient (Wildman–Crippen LogP) is 4.18. The molecular formula is C15H12F3NO. The van der Waals surface area contributed by atoms with Gasteiger partial charge in [-0.25, -0.2) is 0 Å². The molecule has 2 nitrogen and oxygen atoms in total. The second-order valence-corrected chi connectivity index (χ2v) is 4.50. The standard InChI is InChI=1S/C15H12F3NO/c16-15(17,18)12-6-2-1-4-10(12)11-5-3-7-13-14(11)20-9-8-19-13/h1-7,19H,8-9H2. The summed E-state index contributed by atoms with van der Waals surface area (Å²) in [6.45, 7) is 1.09. The Balaban J connectivity index is 2.20. The number of fused-ring (bicyclic) bond motifs is 1. The van der Waals surface area contributed by atoms with Crippen LogP contribution in [0.1, 0.15) is 5.56 Å². The van der Waals surface area contributed by atoms with Crippen LogP contribution in [0.2, 0.25) is 0 Å². The van der Waals surface area contributed by atoms with Crippen LogP contribution in [0, 0.1) is 0 Å². The highest BCUT2D eigenvalue weighted by Gasteiger charge is 2.34. The largest absolute Gasteiger partial charge is 0.489 e. The van der Waals surface area contributed by atoms with Gasteiger partial charge in [0.2, 0.25) is 0 Å². The average molecular weight is 279 g/mol. The molecule has 0 aromatic heterocycles. The summed E-state index contributed by atoms with van der Waals surface area (Å²) >= 11 is 0. The van der Waals surface area contributed by atoms with Crippen LogP contribution in [0.3, 0.4) is 0 Å². The molecule has 1 aliphatic heterocycles. The molecule has 0 fully saturated rings. The number of anilines is 1. The van der Waals surface area contributed by atoms with E-state index in [1.165, 1.54) is 12.1 Å². The second kappa shape index (κ2) is 4.74. The van der Waals surface area contributed by atoms with E-state index in [1.807, 2.05) is 0 Å². The molecule has 1 heterocycles. The van der Waals surface area contributed by atoms with E-state index in [1.54, 1.807) is 24.3 Å². The summed E-state index contributed by atoms with van der Waals surface area (Å²) in [4.78, 5) is 0. The normalized spacial score (nSPS) is 14.2. The quantitative estimate of drug-likeness (QED) is 0.845. The Morgan fingerprint density at radius 2 is 1.70 bits per heavy atom. The molecule has 0 atom stereocenters. The Bertz CT molecular complexity index is 637. The number of hydrogen-bond acceptors (Lipinski definition) is 2. The fourth-order valence-corrected chi connectivity index (χ4v) is 2.35. The Kier molecular flexibility index (Phi) is 3.04. The van der Waals surface area contributed by atoms with Gasteiger partial charge in [-0.1, -0.05) is 30.3 Å². The average Bonchev–Trinajstić information content (AvgIpc) is 2.46. The van der Waals surface area contributed by atoms with E-state index in [2.05, 4.69) is 5.32 Å². The number of para-hydroxylation sites is 1. The minimum Gasteiger partial charge on any atom is -0.489 e. The van der Waals surface area contributed by atoms with Crippen LogP contribution in [-0.4, -0.2) is 13.2 Å². The van der Waals surface area contributed by atoms with Crippen molar-refractivity contribution in [3.8, 4) is 16.9 Å². The van der Waals surface area contributed by atoms with Crippen LogP contribution >= 0.6 is 0 Å². The summed E-state index contributed by atoms with van der Waals surface area (Å²) in [5.74, 6) is 0.482. The molecule has 20 heavy (non-hydrogen) atoms. The maximum Gasteiger partial charge on any atom is 0.417 e. The number of hydrogen-bond donors (Lipinski definition) is 1. The lowest BCUT2D eigenvalue weighted by molar-refractivity contribution is -0.137. The van der Waals surface area contributed by atoms with Gasteiger partial charge in [0.15, 0.2) is 0 Å². The van der Waals surface area contributed by atoms with Crippen LogP contribution in [0.15, 0.2) is 42.5 Å². The zero-order valence-corrected chi connectivity index (χ0v) is 10.5. The van der Waals surface area contributed by atoms with Crippen molar-refractivity contribution in [1.82, 2.24) is 0 Å². The number of rotatable bonds is 1. The van der Waals surface area contributed by atoms with E-state index in [9.17, 15) is 13.2 Å². The molecule has 5 heteroatoms. The molecule has 0 spiro atoms. The van der Waals surface area contributed by atoms with Crippen molar-refractivity contribution in [3.05, 3.63) is 48.0 Å². The van der Waals surface area contributed by atoms with E-state index in [0.29, 0.717) is 24.5 Å². The SMILES string of the molecule is FC(F)(F)c1ccccc1-c1cccc2c1OCCN2. The molecule has 2 aromatic carbocycles. The lowest BCUT2D eigenvalue weighted by Gasteiger charge is -2.23. The Morgan fingerprint density at radius 3 is 2.50 bits per heavy atom. The molecule has 1 N–H and O–H groups in total. The second-order valence-electron chi connectivity index (χ2n) is 4.50. The number of alkyl halides is 3. The summed E-state index contributed by atoms with van der Waals surface area (Å²) in [6.07, 6.45) is -4.39. The van der Waals surface area contributed by atoms with Crippen molar-refractivity contribution >= 4 is 5.69 Å². The van der Waals surface area contributed by atoms with Gasteiger partial charge in [0.25, 0.3) is 0 Å². The highest BCUT2D eigenvalue weighted by atomic mass is 19.4. The summed E-state index contributed by atoms with van der Waals surface area (Å²) in [6, 6.07) is 10.7. The van der Waals surface area contributed by atoms with E-state index in [0.717, 1.165) is 11.8 Å². The smallest absolute Gasteiger partial charge is 0.417 e. The lowest BCUT2D eigenvalue weighted by Crippen LogP contribution is -2.18. The van der Waals surface area contributed by atoms with Crippen molar-refractivity contribution in [3.63, 3.8) is 0 Å². The van der Waals surface area contributed by atoms with Crippen molar-refractivity contribution < 1.29 is 17.9 Å². The van der Waals surface area contributed by atoms with Crippen LogP contribution in [-0.2, 0) is 6.18 Å². The zero-order chi connectivity index (χ0) is 14.2. The topological polar surface area (TPSA) is 21.3 Å². The maximum absolute atomic E-state index is 13.1. The van der Waals surface area contributed by atoms with Gasteiger partial charge < -0.3 is 10.1 Å². The van der Waals surface area contributed by atoms with Gasteiger partial charge >= 0.3 is 6.18 Å². The maximum atomic E-state index is 13.1. The molecule has 0 bridgehead atoms. The first kappa shape index (κ1) is 12.8. The molecule has 2 aromatic rings. The molecule has 104 valence electrons. The molecule has 0 aliphatic carbocycles. The highest BCUT2D eigenvalue weighted by molar-refractivity contribution is 5.80. The molecule has 0 radical (unpaired) electrons. The highest BCUT2D eigenvalue weighted by Crippen LogP contribution is 2.43. The third kappa shape index (κ3) is 2.19. The van der Waals surface area contributed by atoms with E-state index in [4.69, 9.17) is 4.74 Å². The van der Waals surface area contributed by atoms with Gasteiger partial charge in [-0.2, -0.15) is 13.2 Å². The first-order valence-corrected chi connectivity index (χ1v) is 6.23. The van der Waals surface area contributed by atoms with Crippen molar-refractivity contribution in [2.45, 2.75) is 6.18 Å². The van der Waals surface area contributed by atoms with Gasteiger partial charge in [-0.15, -0.1) is 0 Å². The number of halogens is 3. The monoisotopic (exact) mass is 279 g/mol. The summed E-state index contributed by atoms with van der Waals surface area (Å²) < 4.78 is 44.9. The van der Waals surface area contributed by atoms with Gasteiger partial charge in [0, 0.05) is 12.1 Å². The molecule has 3 rings (SSSR count). The minimum absolute atomic E-state index is 0.139. The molecule has 0 saturated heterocycles. The minimum atomic E-state index is -4.39. The first-order valence-electron chi connectivity index (χ1n) is 6.23. The molecule has 0 saturated carbocycles. The third-order valence-electron chi connectivity index (χ3n) is 3.20. The van der Waals surface area contributed by atoms with Crippen molar-refractivity contribution in [2.24, 2.45) is 0 Å². The van der Waals surface area contributed by atoms with Crippen LogP contribution < -0.4 is 10.1 Å². The third-order valence-corrected chi connectivity index (χ3v) is 3.20. The van der Waals surface area contributed by atoms with Gasteiger partial charge in [0.05, 0.1) is 11.3 Å². The molecular weight excluding hydrogens is 267 g/mol. The summed E-state index contributed by atoms with van der Waals surface area (Å²) in [7, 11) is 0. The fraction of sp³-hybridized carbons (Fsp3) is 0.200. The number of benzene rings is 2. The van der Waals surface area contributed by atoms with Gasteiger partial charge in [-0.05, 0) is 17.7 Å². The fourth-order valence-electron chi connectivity index (χ4n) is 2.35. The number of nitrogens with one attached hydrogen (secondary N) is 1. The van der Waals surface area contributed by atoms with Crippen LogP contribution in [0.25, 0.3) is 11.1 Å². The van der Waals surface area contributed by atoms with Gasteiger partial charge in [-0.3, -0.25) is 0 Å². The summed E-state index contributed by atoms with van der Waals surface area (Å²) in [5.41, 5.74) is 0.677. The Morgan fingerprint density at radius 1 is 0.950 bits per heavy atom. The lowest BCUT2D eigenvalue weighted by atomic mass is 9.97. The van der Waals surface area contributed by atoms with E-state index >= 15 is 0 Å². The van der Waals surface area contributed by atoms with Crippen LogP contribution in [0.4, 0.5) is 18.9 Å². The first-order chi connectivity index (χ1) is 9.57. The van der Waals surface area contributed by atoms with Crippen molar-refractivity contribution in [2.75, 3.05) is 18.5 Å². The Labute approximate surface area is 114 Å². The van der Waals surface area contributed by atoms with E-state index < -0.39 is 11.7 Å². The Hall–Kier alpha value is -2.17. The molecule has 0 unspecified atom stereocenters. The molecule has 1 aliphatic rings. The van der Waals surface area contributed by atoms with E-state index in [-0.39, 0.29) is 5.56 Å². The zero-order valence-electron chi connectivity index (χ0n) is 10.5. The van der Waals surface area contributed by atoms with Gasteiger partial charge in [0.1, 0.15) is 12.4 Å². The van der Waals surface area contributed by atoms with Crippen molar-refractivity contribution in [1.29, 1.82) is 0 Å². The number of ether oxygens (including phenoxy) is 1. The molecule has 0 amide bonds. The summed E-state index contributed by atoms with van der Waals surface area (Å²) in [5, 5.41) is 3.12.